The minimum Gasteiger partial charge on any atom is -0.490 e. The van der Waals surface area contributed by atoms with Gasteiger partial charge in [-0.25, -0.2) is 0 Å². The average molecular weight is 480 g/mol. The molecule has 2 fully saturated rings. The molecule has 0 N–H and O–H groups in total. The highest BCUT2D eigenvalue weighted by molar-refractivity contribution is 8.26. The second kappa shape index (κ2) is 9.18. The van der Waals surface area contributed by atoms with Gasteiger partial charge in [-0.1, -0.05) is 59.3 Å². The number of amides is 1. The van der Waals surface area contributed by atoms with Crippen LogP contribution in [0.25, 0.3) is 6.08 Å². The van der Waals surface area contributed by atoms with Crippen LogP contribution < -0.4 is 9.47 Å². The van der Waals surface area contributed by atoms with Gasteiger partial charge in [-0.3, -0.25) is 9.69 Å². The molecule has 0 aromatic heterocycles. The summed E-state index contributed by atoms with van der Waals surface area (Å²) in [7, 11) is 0. The van der Waals surface area contributed by atoms with Crippen LogP contribution >= 0.6 is 47.2 Å². The summed E-state index contributed by atoms with van der Waals surface area (Å²) in [6.07, 6.45) is 3.90. The minimum absolute atomic E-state index is 0.0110. The molecule has 1 aliphatic heterocycles. The Morgan fingerprint density at radius 2 is 1.97 bits per heavy atom. The van der Waals surface area contributed by atoms with Crippen molar-refractivity contribution in [3.8, 4) is 11.5 Å². The summed E-state index contributed by atoms with van der Waals surface area (Å²) in [6, 6.07) is 11.2. The summed E-state index contributed by atoms with van der Waals surface area (Å²) in [5.74, 6) is 1.20. The van der Waals surface area contributed by atoms with Gasteiger partial charge in [-0.05, 0) is 55.7 Å². The van der Waals surface area contributed by atoms with Crippen molar-refractivity contribution in [2.24, 2.45) is 0 Å². The topological polar surface area (TPSA) is 38.8 Å². The van der Waals surface area contributed by atoms with E-state index in [1.165, 1.54) is 11.8 Å². The maximum absolute atomic E-state index is 12.7. The number of nitrogens with zero attached hydrogens (tertiary/aromatic N) is 1. The first-order valence-electron chi connectivity index (χ1n) is 9.57. The van der Waals surface area contributed by atoms with E-state index in [9.17, 15) is 4.79 Å². The first-order chi connectivity index (χ1) is 14.5. The van der Waals surface area contributed by atoms with E-state index < -0.39 is 0 Å². The van der Waals surface area contributed by atoms with Crippen molar-refractivity contribution >= 4 is 63.5 Å². The molecule has 1 saturated heterocycles. The van der Waals surface area contributed by atoms with E-state index in [-0.39, 0.29) is 18.6 Å². The summed E-state index contributed by atoms with van der Waals surface area (Å²) in [5.41, 5.74) is 1.68. The predicted octanol–water partition coefficient (Wildman–Crippen LogP) is 6.33. The Morgan fingerprint density at radius 1 is 1.17 bits per heavy atom. The molecule has 1 saturated carbocycles. The third-order valence-electron chi connectivity index (χ3n) is 4.70. The Bertz CT molecular complexity index is 1040. The number of carbonyl (C=O) groups excluding carboxylic acids is 1. The Kier molecular flexibility index (Phi) is 6.58. The van der Waals surface area contributed by atoms with Crippen molar-refractivity contribution in [3.05, 3.63) is 62.5 Å². The van der Waals surface area contributed by atoms with Gasteiger partial charge >= 0.3 is 0 Å². The van der Waals surface area contributed by atoms with Crippen LogP contribution in [0.2, 0.25) is 10.0 Å². The third kappa shape index (κ3) is 4.78. The molecule has 1 amide bonds. The average Bonchev–Trinajstić information content (AvgIpc) is 3.49. The Morgan fingerprint density at radius 3 is 2.67 bits per heavy atom. The summed E-state index contributed by atoms with van der Waals surface area (Å²) in [6.45, 7) is 2.69. The minimum atomic E-state index is -0.0110. The van der Waals surface area contributed by atoms with Gasteiger partial charge in [-0.15, -0.1) is 0 Å². The highest BCUT2D eigenvalue weighted by Gasteiger charge is 2.41. The molecule has 2 aliphatic rings. The monoisotopic (exact) mass is 479 g/mol. The first kappa shape index (κ1) is 21.5. The summed E-state index contributed by atoms with van der Waals surface area (Å²) in [5, 5.41) is 1.13. The predicted molar refractivity (Wildman–Crippen MR) is 126 cm³/mol. The molecular weight excluding hydrogens is 461 g/mol. The molecule has 0 spiro atoms. The molecule has 30 heavy (non-hydrogen) atoms. The zero-order valence-electron chi connectivity index (χ0n) is 16.2. The normalized spacial score (nSPS) is 17.7. The van der Waals surface area contributed by atoms with E-state index in [4.69, 9.17) is 44.9 Å². The number of carbonyl (C=O) groups is 1. The summed E-state index contributed by atoms with van der Waals surface area (Å²) in [4.78, 5) is 15.0. The molecule has 4 rings (SSSR count). The van der Waals surface area contributed by atoms with Crippen molar-refractivity contribution in [2.75, 3.05) is 6.61 Å². The quantitative estimate of drug-likeness (QED) is 0.342. The van der Waals surface area contributed by atoms with Crippen molar-refractivity contribution < 1.29 is 14.3 Å². The summed E-state index contributed by atoms with van der Waals surface area (Å²) >= 11 is 18.9. The van der Waals surface area contributed by atoms with Crippen LogP contribution in [0, 0.1) is 0 Å². The first-order valence-corrected chi connectivity index (χ1v) is 11.5. The maximum Gasteiger partial charge on any atom is 0.266 e. The van der Waals surface area contributed by atoms with Crippen molar-refractivity contribution in [2.45, 2.75) is 32.4 Å². The molecule has 8 heteroatoms. The van der Waals surface area contributed by atoms with E-state index in [1.54, 1.807) is 17.0 Å². The van der Waals surface area contributed by atoms with Crippen LogP contribution in [0.5, 0.6) is 11.5 Å². The Labute approximate surface area is 195 Å². The smallest absolute Gasteiger partial charge is 0.266 e. The number of thioether (sulfide) groups is 1. The standard InChI is InChI=1S/C22H19Cl2NO3S2/c1-2-27-19-9-13(10-20-21(26)25(16-6-7-16)22(29)30-20)3-8-18(19)28-12-14-4-5-15(23)11-17(14)24/h3-5,8-11,16H,2,6-7,12H2,1H3. The lowest BCUT2D eigenvalue weighted by Crippen LogP contribution is -2.30. The lowest BCUT2D eigenvalue weighted by atomic mass is 10.1. The molecule has 2 aromatic carbocycles. The molecule has 0 radical (unpaired) electrons. The number of hydrogen-bond donors (Lipinski definition) is 0. The number of hydrogen-bond acceptors (Lipinski definition) is 5. The van der Waals surface area contributed by atoms with Crippen molar-refractivity contribution in [3.63, 3.8) is 0 Å². The van der Waals surface area contributed by atoms with E-state index in [0.29, 0.717) is 37.4 Å². The van der Waals surface area contributed by atoms with Crippen molar-refractivity contribution in [1.82, 2.24) is 4.90 Å². The van der Waals surface area contributed by atoms with Gasteiger partial charge in [0, 0.05) is 21.7 Å². The van der Waals surface area contributed by atoms with Gasteiger partial charge in [-0.2, -0.15) is 0 Å². The van der Waals surface area contributed by atoms with Crippen molar-refractivity contribution in [1.29, 1.82) is 0 Å². The largest absolute Gasteiger partial charge is 0.490 e. The fourth-order valence-electron chi connectivity index (χ4n) is 3.07. The van der Waals surface area contributed by atoms with Gasteiger partial charge in [0.25, 0.3) is 5.91 Å². The SMILES string of the molecule is CCOc1cc(C=C2SC(=S)N(C3CC3)C2=O)ccc1OCc1ccc(Cl)cc1Cl. The molecule has 0 bridgehead atoms. The number of ether oxygens (including phenoxy) is 2. The highest BCUT2D eigenvalue weighted by atomic mass is 35.5. The van der Waals surface area contributed by atoms with E-state index in [1.807, 2.05) is 37.3 Å². The molecule has 0 unspecified atom stereocenters. The number of benzene rings is 2. The number of halogens is 2. The highest BCUT2D eigenvalue weighted by Crippen LogP contribution is 2.40. The second-order valence-electron chi connectivity index (χ2n) is 6.95. The third-order valence-corrected chi connectivity index (χ3v) is 6.62. The molecule has 0 atom stereocenters. The molecule has 1 aliphatic carbocycles. The van der Waals surface area contributed by atoms with Gasteiger partial charge in [0.15, 0.2) is 11.5 Å². The van der Waals surface area contributed by atoms with E-state index >= 15 is 0 Å². The summed E-state index contributed by atoms with van der Waals surface area (Å²) < 4.78 is 12.3. The van der Waals surface area contributed by atoms with Gasteiger partial charge in [0.1, 0.15) is 10.9 Å². The van der Waals surface area contributed by atoms with Gasteiger partial charge in [0.2, 0.25) is 0 Å². The van der Waals surface area contributed by atoms with E-state index in [0.717, 1.165) is 24.0 Å². The lowest BCUT2D eigenvalue weighted by molar-refractivity contribution is -0.122. The van der Waals surface area contributed by atoms with Crippen LogP contribution in [-0.2, 0) is 11.4 Å². The van der Waals surface area contributed by atoms with Crippen LogP contribution in [-0.4, -0.2) is 27.8 Å². The van der Waals surface area contributed by atoms with Crippen LogP contribution in [0.4, 0.5) is 0 Å². The second-order valence-corrected chi connectivity index (χ2v) is 9.47. The molecule has 4 nitrogen and oxygen atoms in total. The fraction of sp³-hybridized carbons (Fsp3) is 0.273. The molecular formula is C22H19Cl2NO3S2. The Balaban J connectivity index is 1.53. The number of rotatable bonds is 7. The molecule has 156 valence electrons. The van der Waals surface area contributed by atoms with E-state index in [2.05, 4.69) is 0 Å². The zero-order chi connectivity index (χ0) is 21.3. The Hall–Kier alpha value is -1.73. The maximum atomic E-state index is 12.7. The fourth-order valence-corrected chi connectivity index (χ4v) is 4.94. The van der Waals surface area contributed by atoms with Crippen LogP contribution in [0.1, 0.15) is 30.9 Å². The van der Waals surface area contributed by atoms with Gasteiger partial charge in [0.05, 0.1) is 11.5 Å². The zero-order valence-corrected chi connectivity index (χ0v) is 19.3. The molecule has 2 aromatic rings. The number of thiocarbonyl (C=S) groups is 1. The molecule has 1 heterocycles. The lowest BCUT2D eigenvalue weighted by Gasteiger charge is -2.14. The van der Waals surface area contributed by atoms with Gasteiger partial charge < -0.3 is 9.47 Å². The van der Waals surface area contributed by atoms with Crippen LogP contribution in [0.15, 0.2) is 41.3 Å². The van der Waals surface area contributed by atoms with Crippen LogP contribution in [0.3, 0.4) is 0 Å².